The van der Waals surface area contributed by atoms with E-state index in [9.17, 15) is 4.79 Å². The number of aliphatic imine (C=N–C) groups is 1. The maximum absolute atomic E-state index is 11.3. The predicted octanol–water partition coefficient (Wildman–Crippen LogP) is 0.284. The van der Waals surface area contributed by atoms with E-state index < -0.39 is 0 Å². The standard InChI is InChI=1S/C11H24N4O2.HI/c1-5-12-11(14-8-9-17-4)13-7-6-10(16)15(2)3;/h5-9H2,1-4H3,(H2,12,13,14);1H. The van der Waals surface area contributed by atoms with Crippen molar-refractivity contribution in [1.29, 1.82) is 0 Å². The number of guanidine groups is 1. The maximum Gasteiger partial charge on any atom is 0.223 e. The van der Waals surface area contributed by atoms with Crippen LogP contribution in [-0.4, -0.2) is 64.2 Å². The first-order valence-corrected chi connectivity index (χ1v) is 5.83. The minimum atomic E-state index is 0. The van der Waals surface area contributed by atoms with Crippen LogP contribution >= 0.6 is 24.0 Å². The Balaban J connectivity index is 0. The molecule has 18 heavy (non-hydrogen) atoms. The van der Waals surface area contributed by atoms with Crippen molar-refractivity contribution in [1.82, 2.24) is 15.5 Å². The molecule has 0 aliphatic rings. The van der Waals surface area contributed by atoms with Crippen molar-refractivity contribution in [2.75, 3.05) is 47.4 Å². The highest BCUT2D eigenvalue weighted by Crippen LogP contribution is 1.85. The average molecular weight is 372 g/mol. The number of amides is 1. The van der Waals surface area contributed by atoms with Gasteiger partial charge < -0.3 is 20.3 Å². The van der Waals surface area contributed by atoms with Crippen LogP contribution in [0, 0.1) is 0 Å². The van der Waals surface area contributed by atoms with E-state index in [4.69, 9.17) is 4.74 Å². The minimum absolute atomic E-state index is 0. The lowest BCUT2D eigenvalue weighted by molar-refractivity contribution is -0.128. The summed E-state index contributed by atoms with van der Waals surface area (Å²) in [5, 5.41) is 6.20. The third-order valence-corrected chi connectivity index (χ3v) is 2.04. The largest absolute Gasteiger partial charge is 0.383 e. The summed E-state index contributed by atoms with van der Waals surface area (Å²) in [6.45, 7) is 4.56. The SMILES string of the molecule is CCNC(=NCCOC)NCCC(=O)N(C)C.I. The van der Waals surface area contributed by atoms with E-state index in [1.165, 1.54) is 0 Å². The monoisotopic (exact) mass is 372 g/mol. The van der Waals surface area contributed by atoms with Gasteiger partial charge in [-0.3, -0.25) is 9.79 Å². The van der Waals surface area contributed by atoms with Crippen LogP contribution in [-0.2, 0) is 9.53 Å². The number of halogens is 1. The number of carbonyl (C=O) groups excluding carboxylic acids is 1. The number of hydrogen-bond donors (Lipinski definition) is 2. The van der Waals surface area contributed by atoms with Crippen LogP contribution < -0.4 is 10.6 Å². The summed E-state index contributed by atoms with van der Waals surface area (Å²) in [4.78, 5) is 17.2. The van der Waals surface area contributed by atoms with Crippen LogP contribution in [0.5, 0.6) is 0 Å². The Kier molecular flexibility index (Phi) is 14.1. The summed E-state index contributed by atoms with van der Waals surface area (Å²) >= 11 is 0. The quantitative estimate of drug-likeness (QED) is 0.292. The Bertz CT molecular complexity index is 247. The Labute approximate surface area is 127 Å². The van der Waals surface area contributed by atoms with Crippen LogP contribution in [0.4, 0.5) is 0 Å². The first-order valence-electron chi connectivity index (χ1n) is 5.83. The van der Waals surface area contributed by atoms with E-state index in [2.05, 4.69) is 15.6 Å². The number of nitrogens with one attached hydrogen (secondary N) is 2. The van der Waals surface area contributed by atoms with Crippen molar-refractivity contribution in [3.63, 3.8) is 0 Å². The summed E-state index contributed by atoms with van der Waals surface area (Å²) in [5.41, 5.74) is 0. The summed E-state index contributed by atoms with van der Waals surface area (Å²) in [7, 11) is 5.14. The second kappa shape index (κ2) is 12.9. The second-order valence-electron chi connectivity index (χ2n) is 3.72. The van der Waals surface area contributed by atoms with Crippen LogP contribution in [0.1, 0.15) is 13.3 Å². The highest BCUT2D eigenvalue weighted by molar-refractivity contribution is 14.0. The zero-order valence-corrected chi connectivity index (χ0v) is 14.0. The van der Waals surface area contributed by atoms with Crippen molar-refractivity contribution in [3.05, 3.63) is 0 Å². The van der Waals surface area contributed by atoms with Gasteiger partial charge in [-0.15, -0.1) is 24.0 Å². The molecule has 108 valence electrons. The van der Waals surface area contributed by atoms with E-state index >= 15 is 0 Å². The Hall–Kier alpha value is -0.570. The first-order chi connectivity index (χ1) is 8.11. The zero-order chi connectivity index (χ0) is 13.1. The Morgan fingerprint density at radius 2 is 2.00 bits per heavy atom. The molecule has 0 heterocycles. The van der Waals surface area contributed by atoms with Crippen molar-refractivity contribution in [2.45, 2.75) is 13.3 Å². The molecule has 0 saturated heterocycles. The molecular formula is C11H25IN4O2. The highest BCUT2D eigenvalue weighted by Gasteiger charge is 2.03. The Morgan fingerprint density at radius 1 is 1.33 bits per heavy atom. The van der Waals surface area contributed by atoms with E-state index in [0.29, 0.717) is 26.1 Å². The summed E-state index contributed by atoms with van der Waals surface area (Å²) < 4.78 is 4.92. The number of methoxy groups -OCH3 is 1. The molecule has 0 unspecified atom stereocenters. The molecule has 0 aliphatic carbocycles. The number of rotatable bonds is 7. The van der Waals surface area contributed by atoms with Crippen molar-refractivity contribution >= 4 is 35.8 Å². The third kappa shape index (κ3) is 10.6. The van der Waals surface area contributed by atoms with Gasteiger partial charge in [-0.2, -0.15) is 0 Å². The normalized spacial score (nSPS) is 10.6. The van der Waals surface area contributed by atoms with E-state index in [-0.39, 0.29) is 29.9 Å². The van der Waals surface area contributed by atoms with Gasteiger partial charge in [0.15, 0.2) is 5.96 Å². The fraction of sp³-hybridized carbons (Fsp3) is 0.818. The van der Waals surface area contributed by atoms with Gasteiger partial charge in [0.25, 0.3) is 0 Å². The molecule has 0 radical (unpaired) electrons. The van der Waals surface area contributed by atoms with Gasteiger partial charge >= 0.3 is 0 Å². The molecule has 0 aliphatic heterocycles. The van der Waals surface area contributed by atoms with E-state index in [1.54, 1.807) is 26.1 Å². The molecule has 0 aromatic rings. The predicted molar refractivity (Wildman–Crippen MR) is 84.6 cm³/mol. The minimum Gasteiger partial charge on any atom is -0.383 e. The van der Waals surface area contributed by atoms with Crippen LogP contribution in [0.15, 0.2) is 4.99 Å². The Morgan fingerprint density at radius 3 is 2.50 bits per heavy atom. The summed E-state index contributed by atoms with van der Waals surface area (Å²) in [5.74, 6) is 0.821. The molecule has 0 aromatic heterocycles. The lowest BCUT2D eigenvalue weighted by atomic mass is 10.4. The maximum atomic E-state index is 11.3. The van der Waals surface area contributed by atoms with Gasteiger partial charge in [-0.25, -0.2) is 0 Å². The number of carbonyl (C=O) groups is 1. The van der Waals surface area contributed by atoms with Gasteiger partial charge in [-0.05, 0) is 6.92 Å². The van der Waals surface area contributed by atoms with Crippen LogP contribution in [0.25, 0.3) is 0 Å². The molecule has 1 amide bonds. The fourth-order valence-electron chi connectivity index (χ4n) is 1.10. The molecule has 7 heteroatoms. The molecule has 0 spiro atoms. The van der Waals surface area contributed by atoms with Gasteiger partial charge in [0.1, 0.15) is 0 Å². The fourth-order valence-corrected chi connectivity index (χ4v) is 1.10. The molecule has 0 bridgehead atoms. The second-order valence-corrected chi connectivity index (χ2v) is 3.72. The first kappa shape index (κ1) is 19.8. The van der Waals surface area contributed by atoms with E-state index in [1.807, 2.05) is 6.92 Å². The molecule has 0 atom stereocenters. The number of hydrogen-bond acceptors (Lipinski definition) is 3. The van der Waals surface area contributed by atoms with Crippen molar-refractivity contribution < 1.29 is 9.53 Å². The van der Waals surface area contributed by atoms with Crippen LogP contribution in [0.3, 0.4) is 0 Å². The lowest BCUT2D eigenvalue weighted by Gasteiger charge is -2.13. The van der Waals surface area contributed by atoms with Gasteiger partial charge in [0.2, 0.25) is 5.91 Å². The lowest BCUT2D eigenvalue weighted by Crippen LogP contribution is -2.39. The molecule has 2 N–H and O–H groups in total. The molecule has 0 rings (SSSR count). The molecule has 6 nitrogen and oxygen atoms in total. The van der Waals surface area contributed by atoms with Gasteiger partial charge in [-0.1, -0.05) is 0 Å². The average Bonchev–Trinajstić information content (AvgIpc) is 2.29. The van der Waals surface area contributed by atoms with Gasteiger partial charge in [0.05, 0.1) is 13.2 Å². The van der Waals surface area contributed by atoms with Crippen LogP contribution in [0.2, 0.25) is 0 Å². The molecule has 0 aromatic carbocycles. The number of ether oxygens (including phenoxy) is 1. The van der Waals surface area contributed by atoms with Gasteiger partial charge in [0, 0.05) is 40.7 Å². The third-order valence-electron chi connectivity index (χ3n) is 2.04. The molecule has 0 saturated carbocycles. The topological polar surface area (TPSA) is 66.0 Å². The highest BCUT2D eigenvalue weighted by atomic mass is 127. The summed E-state index contributed by atoms with van der Waals surface area (Å²) in [6, 6.07) is 0. The van der Waals surface area contributed by atoms with Crippen molar-refractivity contribution in [3.8, 4) is 0 Å². The smallest absolute Gasteiger partial charge is 0.223 e. The van der Waals surface area contributed by atoms with E-state index in [0.717, 1.165) is 12.5 Å². The zero-order valence-electron chi connectivity index (χ0n) is 11.7. The molecule has 0 fully saturated rings. The summed E-state index contributed by atoms with van der Waals surface area (Å²) in [6.07, 6.45) is 0.460. The van der Waals surface area contributed by atoms with Crippen molar-refractivity contribution in [2.24, 2.45) is 4.99 Å². The number of nitrogens with zero attached hydrogens (tertiary/aromatic N) is 2. The molecular weight excluding hydrogens is 347 g/mol.